The number of carbonyl (C=O) groups is 1. The first-order valence-corrected chi connectivity index (χ1v) is 9.14. The van der Waals surface area contributed by atoms with Crippen LogP contribution in [-0.2, 0) is 4.79 Å². The lowest BCUT2D eigenvalue weighted by atomic mass is 9.48. The van der Waals surface area contributed by atoms with E-state index in [1.807, 2.05) is 13.0 Å². The number of fused-ring (bicyclic) bond motifs is 1. The van der Waals surface area contributed by atoms with Crippen LogP contribution in [0.15, 0.2) is 24.3 Å². The normalized spacial score (nSPS) is 39.8. The van der Waals surface area contributed by atoms with Gasteiger partial charge in [-0.15, -0.1) is 6.58 Å². The third-order valence-electron chi connectivity index (χ3n) is 6.90. The van der Waals surface area contributed by atoms with Crippen molar-refractivity contribution in [3.8, 4) is 0 Å². The highest BCUT2D eigenvalue weighted by Gasteiger charge is 2.56. The topological polar surface area (TPSA) is 37.3 Å². The Balaban J connectivity index is 2.41. The molecule has 0 aromatic rings. The molecule has 0 aromatic carbocycles. The van der Waals surface area contributed by atoms with Crippen LogP contribution in [0.5, 0.6) is 0 Å². The molecule has 0 heterocycles. The molecule has 2 nitrogen and oxygen atoms in total. The summed E-state index contributed by atoms with van der Waals surface area (Å²) in [6, 6.07) is 0. The smallest absolute Gasteiger partial charge is 0.309 e. The van der Waals surface area contributed by atoms with Crippen molar-refractivity contribution < 1.29 is 9.90 Å². The molecule has 2 aliphatic rings. The summed E-state index contributed by atoms with van der Waals surface area (Å²) in [5.41, 5.74) is 1.08. The summed E-state index contributed by atoms with van der Waals surface area (Å²) < 4.78 is 0. The predicted octanol–water partition coefficient (Wildman–Crippen LogP) is 5.84. The predicted molar refractivity (Wildman–Crippen MR) is 96.3 cm³/mol. The van der Waals surface area contributed by atoms with Crippen molar-refractivity contribution in [2.75, 3.05) is 0 Å². The highest BCUT2D eigenvalue weighted by atomic mass is 16.4. The summed E-state index contributed by atoms with van der Waals surface area (Å²) in [4.78, 5) is 12.0. The minimum absolute atomic E-state index is 0.0420. The largest absolute Gasteiger partial charge is 0.481 e. The number of allylic oxidation sites excluding steroid dienone is 3. The quantitative estimate of drug-likeness (QED) is 0.661. The second-order valence-electron chi connectivity index (χ2n) is 9.08. The van der Waals surface area contributed by atoms with Crippen LogP contribution in [0.3, 0.4) is 0 Å². The van der Waals surface area contributed by atoms with Crippen LogP contribution in [0.2, 0.25) is 0 Å². The highest BCUT2D eigenvalue weighted by molar-refractivity contribution is 5.75. The van der Waals surface area contributed by atoms with Crippen LogP contribution in [0.4, 0.5) is 0 Å². The molecule has 2 heteroatoms. The standard InChI is InChI=1S/C21H34O2/c1-7-19(3,4)14-11-16-15(2)9-10-17-20(16,5)12-8-13-21(17,6)18(22)23/h7,11,15,17H,1,8-10,12-14H2,2-6H3,(H,22,23)/b16-11+/t15-,17+,20+,21-/m1/s1. The Morgan fingerprint density at radius 1 is 1.35 bits per heavy atom. The molecule has 0 aliphatic heterocycles. The minimum Gasteiger partial charge on any atom is -0.481 e. The minimum atomic E-state index is -0.603. The van der Waals surface area contributed by atoms with Crippen LogP contribution >= 0.6 is 0 Å². The number of carboxylic acid groups (broad SMARTS) is 1. The molecule has 1 N–H and O–H groups in total. The number of aliphatic carboxylic acids is 1. The van der Waals surface area contributed by atoms with E-state index in [-0.39, 0.29) is 16.7 Å². The molecule has 130 valence electrons. The molecule has 0 bridgehead atoms. The maximum atomic E-state index is 12.0. The van der Waals surface area contributed by atoms with Crippen LogP contribution in [0.25, 0.3) is 0 Å². The van der Waals surface area contributed by atoms with Crippen molar-refractivity contribution in [1.82, 2.24) is 0 Å². The Labute approximate surface area is 142 Å². The second-order valence-corrected chi connectivity index (χ2v) is 9.08. The number of carboxylic acids is 1. The van der Waals surface area contributed by atoms with Gasteiger partial charge in [0, 0.05) is 0 Å². The maximum Gasteiger partial charge on any atom is 0.309 e. The first-order chi connectivity index (χ1) is 10.6. The Bertz CT molecular complexity index is 516. The fourth-order valence-electron chi connectivity index (χ4n) is 5.14. The number of rotatable bonds is 4. The Kier molecular flexibility index (Phi) is 4.86. The highest BCUT2D eigenvalue weighted by Crippen LogP contribution is 2.61. The van der Waals surface area contributed by atoms with E-state index in [4.69, 9.17) is 0 Å². The molecule has 23 heavy (non-hydrogen) atoms. The molecule has 0 aromatic heterocycles. The van der Waals surface area contributed by atoms with Gasteiger partial charge in [-0.05, 0) is 61.7 Å². The molecule has 0 spiro atoms. The van der Waals surface area contributed by atoms with Crippen LogP contribution < -0.4 is 0 Å². The lowest BCUT2D eigenvalue weighted by molar-refractivity contribution is -0.160. The van der Waals surface area contributed by atoms with Gasteiger partial charge < -0.3 is 5.11 Å². The molecular weight excluding hydrogens is 284 g/mol. The number of hydrogen-bond acceptors (Lipinski definition) is 1. The van der Waals surface area contributed by atoms with Crippen LogP contribution in [0, 0.1) is 28.1 Å². The summed E-state index contributed by atoms with van der Waals surface area (Å²) >= 11 is 0. The maximum absolute atomic E-state index is 12.0. The summed E-state index contributed by atoms with van der Waals surface area (Å²) in [5.74, 6) is 0.220. The van der Waals surface area contributed by atoms with Gasteiger partial charge in [0.25, 0.3) is 0 Å². The van der Waals surface area contributed by atoms with Gasteiger partial charge in [0.2, 0.25) is 0 Å². The monoisotopic (exact) mass is 318 g/mol. The van der Waals surface area contributed by atoms with Gasteiger partial charge in [-0.25, -0.2) is 0 Å². The van der Waals surface area contributed by atoms with Gasteiger partial charge in [-0.1, -0.05) is 51.8 Å². The first-order valence-electron chi connectivity index (χ1n) is 9.14. The van der Waals surface area contributed by atoms with Gasteiger partial charge in [-0.2, -0.15) is 0 Å². The van der Waals surface area contributed by atoms with Crippen molar-refractivity contribution in [3.05, 3.63) is 24.3 Å². The Morgan fingerprint density at radius 3 is 2.57 bits per heavy atom. The third-order valence-corrected chi connectivity index (χ3v) is 6.90. The van der Waals surface area contributed by atoms with Crippen molar-refractivity contribution in [3.63, 3.8) is 0 Å². The van der Waals surface area contributed by atoms with E-state index in [9.17, 15) is 9.90 Å². The Morgan fingerprint density at radius 2 is 2.00 bits per heavy atom. The fraction of sp³-hybridized carbons (Fsp3) is 0.762. The van der Waals surface area contributed by atoms with E-state index < -0.39 is 11.4 Å². The molecule has 2 fully saturated rings. The van der Waals surface area contributed by atoms with Gasteiger partial charge >= 0.3 is 5.97 Å². The fourth-order valence-corrected chi connectivity index (χ4v) is 5.14. The van der Waals surface area contributed by atoms with Crippen molar-refractivity contribution >= 4 is 5.97 Å². The molecule has 2 aliphatic carbocycles. The van der Waals surface area contributed by atoms with Crippen molar-refractivity contribution in [2.24, 2.45) is 28.1 Å². The van der Waals surface area contributed by atoms with Gasteiger partial charge in [-0.3, -0.25) is 4.79 Å². The molecule has 0 amide bonds. The van der Waals surface area contributed by atoms with E-state index >= 15 is 0 Å². The Hall–Kier alpha value is -1.05. The average molecular weight is 319 g/mol. The summed E-state index contributed by atoms with van der Waals surface area (Å²) in [7, 11) is 0. The second kappa shape index (κ2) is 6.11. The molecule has 2 saturated carbocycles. The van der Waals surface area contributed by atoms with Crippen LogP contribution in [0.1, 0.15) is 73.1 Å². The van der Waals surface area contributed by atoms with E-state index in [1.54, 1.807) is 0 Å². The molecule has 2 rings (SSSR count). The van der Waals surface area contributed by atoms with Gasteiger partial charge in [0.15, 0.2) is 0 Å². The van der Waals surface area contributed by atoms with Crippen molar-refractivity contribution in [2.45, 2.75) is 73.1 Å². The van der Waals surface area contributed by atoms with Gasteiger partial charge in [0.1, 0.15) is 0 Å². The number of hydrogen-bond donors (Lipinski definition) is 1. The van der Waals surface area contributed by atoms with E-state index in [1.165, 1.54) is 5.57 Å². The third kappa shape index (κ3) is 3.14. The SMILES string of the molecule is C=CC(C)(C)C/C=C1\[C@H](C)CC[C@@H]2[C@](C)(C(=O)O)CCC[C@@]12C. The zero-order valence-electron chi connectivity index (χ0n) is 15.6. The van der Waals surface area contributed by atoms with E-state index in [0.717, 1.165) is 38.5 Å². The molecule has 0 saturated heterocycles. The first kappa shape index (κ1) is 18.3. The molecule has 4 atom stereocenters. The summed E-state index contributed by atoms with van der Waals surface area (Å²) in [6.07, 6.45) is 10.6. The average Bonchev–Trinajstić information content (AvgIpc) is 2.46. The summed E-state index contributed by atoms with van der Waals surface area (Å²) in [6.45, 7) is 15.0. The van der Waals surface area contributed by atoms with E-state index in [0.29, 0.717) is 5.92 Å². The lowest BCUT2D eigenvalue weighted by Gasteiger charge is -2.56. The molecular formula is C21H34O2. The van der Waals surface area contributed by atoms with Crippen LogP contribution in [-0.4, -0.2) is 11.1 Å². The summed E-state index contributed by atoms with van der Waals surface area (Å²) in [5, 5.41) is 9.87. The van der Waals surface area contributed by atoms with Crippen molar-refractivity contribution in [1.29, 1.82) is 0 Å². The van der Waals surface area contributed by atoms with Gasteiger partial charge in [0.05, 0.1) is 5.41 Å². The lowest BCUT2D eigenvalue weighted by Crippen LogP contribution is -2.51. The van der Waals surface area contributed by atoms with E-state index in [2.05, 4.69) is 40.3 Å². The molecule has 0 unspecified atom stereocenters. The zero-order chi connectivity index (χ0) is 17.5. The zero-order valence-corrected chi connectivity index (χ0v) is 15.6. The molecule has 0 radical (unpaired) electrons.